The number of ether oxygens (including phenoxy) is 6. The number of hydrogen-bond acceptors (Lipinski definition) is 9. The molecule has 0 unspecified atom stereocenters. The predicted molar refractivity (Wildman–Crippen MR) is 207 cm³/mol. The van der Waals surface area contributed by atoms with E-state index in [1.807, 2.05) is 0 Å². The summed E-state index contributed by atoms with van der Waals surface area (Å²) >= 11 is 0. The Morgan fingerprint density at radius 3 is 1.02 bits per heavy atom. The smallest absolute Gasteiger partial charge is 0.460 e. The Labute approximate surface area is 346 Å². The predicted octanol–water partition coefficient (Wildman–Crippen LogP) is 12.4. The second kappa shape index (κ2) is 18.6. The number of benzene rings is 3. The Kier molecular flexibility index (Phi) is 15.6. The van der Waals surface area contributed by atoms with Crippen LogP contribution >= 0.6 is 10.3 Å². The third-order valence-corrected chi connectivity index (χ3v) is 12.8. The molecule has 3 rings (SSSR count). The van der Waals surface area contributed by atoms with Crippen LogP contribution in [0, 0.1) is 0 Å². The van der Waals surface area contributed by atoms with Crippen LogP contribution in [0.2, 0.25) is 0 Å². The highest BCUT2D eigenvalue weighted by molar-refractivity contribution is 8.33. The zero-order valence-corrected chi connectivity index (χ0v) is 36.7. The van der Waals surface area contributed by atoms with Gasteiger partial charge in [0.05, 0.1) is 36.6 Å². The lowest BCUT2D eigenvalue weighted by molar-refractivity contribution is -0.382. The van der Waals surface area contributed by atoms with Crippen LogP contribution in [0.25, 0.3) is 0 Å². The zero-order valence-electron chi connectivity index (χ0n) is 35.1. The van der Waals surface area contributed by atoms with Crippen molar-refractivity contribution in [1.29, 1.82) is 0 Å². The van der Waals surface area contributed by atoms with Crippen molar-refractivity contribution in [1.82, 2.24) is 0 Å². The van der Waals surface area contributed by atoms with Crippen LogP contribution in [0.1, 0.15) is 83.1 Å². The Morgan fingerprint density at radius 2 is 0.750 bits per heavy atom. The first kappa shape index (κ1) is 50.4. The summed E-state index contributed by atoms with van der Waals surface area (Å²) in [5.41, 5.74) is 0. The molecule has 0 fully saturated rings. The lowest BCUT2D eigenvalue weighted by Crippen LogP contribution is -2.63. The lowest BCUT2D eigenvalue weighted by atomic mass is 10.1. The van der Waals surface area contributed by atoms with Gasteiger partial charge in [0.1, 0.15) is 44.3 Å². The minimum absolute atomic E-state index is 0.00365. The number of hydrogen-bond donors (Lipinski definition) is 0. The fourth-order valence-electron chi connectivity index (χ4n) is 5.47. The van der Waals surface area contributed by atoms with E-state index in [1.54, 1.807) is 27.7 Å². The van der Waals surface area contributed by atoms with Gasteiger partial charge in [-0.3, -0.25) is 0 Å². The van der Waals surface area contributed by atoms with Gasteiger partial charge in [-0.25, -0.2) is 3.63 Å². The van der Waals surface area contributed by atoms with E-state index >= 15 is 17.6 Å². The van der Waals surface area contributed by atoms with Gasteiger partial charge in [0.25, 0.3) is 0 Å². The van der Waals surface area contributed by atoms with Gasteiger partial charge in [-0.05, 0) is 106 Å². The molecule has 20 heteroatoms. The van der Waals surface area contributed by atoms with Gasteiger partial charge in [-0.15, -0.1) is 0 Å². The molecule has 3 aromatic rings. The second-order valence-corrected chi connectivity index (χ2v) is 19.4. The summed E-state index contributed by atoms with van der Waals surface area (Å²) in [6.45, 7) is 18.8. The van der Waals surface area contributed by atoms with Gasteiger partial charge < -0.3 is 28.4 Å². The molecular weight excluding hydrogens is 860 g/mol. The lowest BCUT2D eigenvalue weighted by Gasteiger charge is -2.44. The first-order valence-electron chi connectivity index (χ1n) is 18.7. The molecule has 340 valence electrons. The summed E-state index contributed by atoms with van der Waals surface area (Å²) in [4.78, 5) is -1.64. The molecule has 0 saturated heterocycles. The summed E-state index contributed by atoms with van der Waals surface area (Å²) in [7, 11) is -12.7. The van der Waals surface area contributed by atoms with Crippen molar-refractivity contribution >= 4 is 20.4 Å². The van der Waals surface area contributed by atoms with Gasteiger partial charge in [0, 0.05) is 29.2 Å². The van der Waals surface area contributed by atoms with Crippen LogP contribution in [-0.4, -0.2) is 68.3 Å². The van der Waals surface area contributed by atoms with Gasteiger partial charge in [-0.2, -0.15) is 47.9 Å². The second-order valence-electron chi connectivity index (χ2n) is 15.1. The largest absolute Gasteiger partial charge is 0.491 e. The third-order valence-electron chi connectivity index (χ3n) is 7.45. The number of rotatable bonds is 20. The monoisotopic (exact) mass is 910 g/mol. The van der Waals surface area contributed by atoms with E-state index in [2.05, 4.69) is 0 Å². The van der Waals surface area contributed by atoms with Crippen molar-refractivity contribution in [3.63, 3.8) is 0 Å². The Morgan fingerprint density at radius 1 is 0.450 bits per heavy atom. The van der Waals surface area contributed by atoms with Crippen LogP contribution < -0.4 is 28.4 Å². The number of alkyl halides is 9. The topological polar surface area (TPSA) is 98.8 Å². The maximum atomic E-state index is 16.1. The van der Waals surface area contributed by atoms with E-state index in [1.165, 1.54) is 97.9 Å². The molecule has 0 saturated carbocycles. The zero-order chi connectivity index (χ0) is 46.0. The van der Waals surface area contributed by atoms with Crippen LogP contribution in [0.3, 0.4) is 0 Å². The molecule has 0 N–H and O–H groups in total. The molecular formula is C40H51F9O9S2. The summed E-state index contributed by atoms with van der Waals surface area (Å²) in [6.07, 6.45) is -11.8. The van der Waals surface area contributed by atoms with E-state index in [4.69, 9.17) is 32.1 Å². The molecule has 0 spiro atoms. The highest BCUT2D eigenvalue weighted by Crippen LogP contribution is 2.79. The summed E-state index contributed by atoms with van der Waals surface area (Å²) in [5, 5.41) is -7.30. The molecule has 0 bridgehead atoms. The first-order chi connectivity index (χ1) is 27.3. The van der Waals surface area contributed by atoms with E-state index in [-0.39, 0.29) is 11.5 Å². The minimum Gasteiger partial charge on any atom is -0.491 e. The summed E-state index contributed by atoms with van der Waals surface area (Å²) < 4.78 is 203. The Bertz CT molecular complexity index is 1880. The molecule has 0 amide bonds. The van der Waals surface area contributed by atoms with Crippen LogP contribution in [-0.2, 0) is 13.7 Å². The molecule has 0 aromatic heterocycles. The van der Waals surface area contributed by atoms with Gasteiger partial charge in [0.2, 0.25) is 0 Å². The molecule has 0 atom stereocenters. The van der Waals surface area contributed by atoms with Crippen molar-refractivity contribution in [3.05, 3.63) is 54.6 Å². The van der Waals surface area contributed by atoms with E-state index in [0.29, 0.717) is 0 Å². The highest BCUT2D eigenvalue weighted by Gasteiger charge is 2.86. The first-order valence-corrected chi connectivity index (χ1v) is 21.7. The molecule has 0 aliphatic rings. The minimum atomic E-state index is -7.71. The number of halogens is 9. The standard InChI is InChI=1S/C40H51F9O9S2/c1-22(2)52-28-18-31(54-24(5)6)35(32(19-28)55-25(7)8)59(30-16-14-13-15-17-30,58-60(50,51)40(48,49)38(43,44)37(41,42)39(45,46)47)36-33(56-26(9)10)20-29(53-23(3)4)21-34(36)57-27(11)12/h13-27H,1-12H3. The average molecular weight is 911 g/mol. The fourth-order valence-corrected chi connectivity index (χ4v) is 11.0. The van der Waals surface area contributed by atoms with E-state index < -0.39 is 118 Å². The Hall–Kier alpha value is -3.91. The third kappa shape index (κ3) is 10.6. The molecule has 9 nitrogen and oxygen atoms in total. The molecule has 0 radical (unpaired) electrons. The van der Waals surface area contributed by atoms with Crippen LogP contribution in [0.4, 0.5) is 39.5 Å². The Balaban J connectivity index is 2.93. The summed E-state index contributed by atoms with van der Waals surface area (Å²) in [5.74, 6) is -16.9. The van der Waals surface area contributed by atoms with E-state index in [0.717, 1.165) is 12.1 Å². The molecule has 0 aliphatic carbocycles. The maximum Gasteiger partial charge on any atom is 0.460 e. The normalized spacial score (nSPS) is 13.8. The van der Waals surface area contributed by atoms with Crippen molar-refractivity contribution in [3.8, 4) is 34.5 Å². The van der Waals surface area contributed by atoms with E-state index in [9.17, 15) is 30.4 Å². The van der Waals surface area contributed by atoms with Gasteiger partial charge >= 0.3 is 33.4 Å². The highest BCUT2D eigenvalue weighted by atomic mass is 32.3. The van der Waals surface area contributed by atoms with Crippen molar-refractivity contribution in [2.24, 2.45) is 0 Å². The summed E-state index contributed by atoms with van der Waals surface area (Å²) in [6, 6.07) is 11.1. The SMILES string of the molecule is CC(C)Oc1cc(OC(C)C)c(S(OS(=O)(=O)C(F)(F)C(F)(F)C(F)(F)C(F)(F)F)(c2ccccc2)c2c(OC(C)C)cc(OC(C)C)cc2OC(C)C)c(OC(C)C)c1. The van der Waals surface area contributed by atoms with Crippen molar-refractivity contribution < 1.29 is 80.0 Å². The fraction of sp³-hybridized carbons (Fsp3) is 0.550. The maximum absolute atomic E-state index is 16.1. The molecule has 3 aromatic carbocycles. The quantitative estimate of drug-likeness (QED) is 0.103. The molecule has 0 heterocycles. The van der Waals surface area contributed by atoms with Gasteiger partial charge in [0.15, 0.2) is 0 Å². The van der Waals surface area contributed by atoms with Crippen LogP contribution in [0.15, 0.2) is 69.3 Å². The van der Waals surface area contributed by atoms with Crippen molar-refractivity contribution in [2.45, 2.75) is 158 Å². The molecule has 60 heavy (non-hydrogen) atoms. The van der Waals surface area contributed by atoms with Crippen LogP contribution in [0.5, 0.6) is 34.5 Å². The van der Waals surface area contributed by atoms with Gasteiger partial charge in [-0.1, -0.05) is 18.2 Å². The molecule has 0 aliphatic heterocycles. The van der Waals surface area contributed by atoms with Crippen molar-refractivity contribution in [2.75, 3.05) is 0 Å². The average Bonchev–Trinajstić information content (AvgIpc) is 3.05.